The lowest BCUT2D eigenvalue weighted by molar-refractivity contribution is 0.242. The van der Waals surface area contributed by atoms with Crippen molar-refractivity contribution in [3.63, 3.8) is 0 Å². The van der Waals surface area contributed by atoms with Crippen LogP contribution in [0.15, 0.2) is 53.6 Å². The highest BCUT2D eigenvalue weighted by Gasteiger charge is 2.39. The molecule has 0 atom stereocenters. The molecule has 0 unspecified atom stereocenters. The molecule has 1 saturated carbocycles. The molecule has 0 bridgehead atoms. The van der Waals surface area contributed by atoms with Crippen molar-refractivity contribution in [1.82, 2.24) is 23.8 Å². The Balaban J connectivity index is 1.35. The van der Waals surface area contributed by atoms with Gasteiger partial charge in [0.05, 0.1) is 30.7 Å². The highest BCUT2D eigenvalue weighted by atomic mass is 32.2. The smallest absolute Gasteiger partial charge is 0.316 e. The molecule has 1 saturated heterocycles. The monoisotopic (exact) mass is 546 g/mol. The van der Waals surface area contributed by atoms with Crippen LogP contribution < -0.4 is 19.9 Å². The lowest BCUT2D eigenvalue weighted by atomic mass is 10.2. The molecule has 13 heteroatoms. The number of hydrogen-bond acceptors (Lipinski definition) is 7. The van der Waals surface area contributed by atoms with Crippen LogP contribution in [-0.2, 0) is 16.8 Å². The summed E-state index contributed by atoms with van der Waals surface area (Å²) in [5.41, 5.74) is 0.270. The molecule has 1 N–H and O–H groups in total. The van der Waals surface area contributed by atoms with Gasteiger partial charge in [-0.05, 0) is 37.1 Å². The van der Waals surface area contributed by atoms with Crippen LogP contribution in [0.4, 0.5) is 14.5 Å². The first-order valence-electron chi connectivity index (χ1n) is 12.2. The van der Waals surface area contributed by atoms with Crippen LogP contribution in [0.2, 0.25) is 0 Å². The van der Waals surface area contributed by atoms with Gasteiger partial charge in [0.1, 0.15) is 17.3 Å². The third-order valence-corrected chi connectivity index (χ3v) is 8.31. The molecule has 202 valence electrons. The Hall–Kier alpha value is -3.42. The van der Waals surface area contributed by atoms with E-state index in [0.717, 1.165) is 29.7 Å². The number of ether oxygens (including phenoxy) is 1. The van der Waals surface area contributed by atoms with Crippen molar-refractivity contribution < 1.29 is 21.9 Å². The molecule has 2 aliphatic rings. The van der Waals surface area contributed by atoms with E-state index in [1.165, 1.54) is 10.5 Å². The zero-order valence-corrected chi connectivity index (χ0v) is 21.6. The maximum absolute atomic E-state index is 13.8. The van der Waals surface area contributed by atoms with Gasteiger partial charge in [0.25, 0.3) is 10.2 Å². The molecule has 10 nitrogen and oxygen atoms in total. The molecule has 1 aliphatic carbocycles. The van der Waals surface area contributed by atoms with Gasteiger partial charge in [0, 0.05) is 43.9 Å². The Morgan fingerprint density at radius 3 is 2.42 bits per heavy atom. The van der Waals surface area contributed by atoms with Crippen molar-refractivity contribution in [2.45, 2.75) is 26.3 Å². The number of nitrogens with one attached hydrogen (secondary N) is 1. The second-order valence-electron chi connectivity index (χ2n) is 9.84. The number of hydrogen-bond donors (Lipinski definition) is 1. The zero-order chi connectivity index (χ0) is 26.9. The van der Waals surface area contributed by atoms with Gasteiger partial charge in [0.15, 0.2) is 0 Å². The maximum atomic E-state index is 13.8. The fourth-order valence-electron chi connectivity index (χ4n) is 4.17. The van der Waals surface area contributed by atoms with E-state index in [4.69, 9.17) is 4.74 Å². The second kappa shape index (κ2) is 10.4. The van der Waals surface area contributed by atoms with E-state index in [-0.39, 0.29) is 49.6 Å². The number of rotatable bonds is 9. The summed E-state index contributed by atoms with van der Waals surface area (Å²) in [6, 6.07) is 8.02. The fraction of sp³-hybridized carbons (Fsp3) is 0.400. The number of pyridine rings is 1. The van der Waals surface area contributed by atoms with Crippen LogP contribution in [-0.4, -0.2) is 60.3 Å². The summed E-state index contributed by atoms with van der Waals surface area (Å²) in [6.07, 6.45) is 4.95. The standard InChI is InChI=1S/C25H28F2N6O4S/c1-25(5-6-25)17-37-23-22(16-29-33(24(23)34)21-13-18(26)12-19(27)14-21)31-8-10-32(11-9-31)38(35,36)30-15-20-4-2-3-7-28-20/h2-4,7,12-14,16,30H,5-6,8-11,15,17H2,1H3. The molecule has 2 aromatic heterocycles. The van der Waals surface area contributed by atoms with Crippen LogP contribution in [0, 0.1) is 17.0 Å². The summed E-state index contributed by atoms with van der Waals surface area (Å²) >= 11 is 0. The molecule has 2 fully saturated rings. The summed E-state index contributed by atoms with van der Waals surface area (Å²) in [4.78, 5) is 19.4. The normalized spacial score (nSPS) is 17.4. The van der Waals surface area contributed by atoms with Crippen molar-refractivity contribution in [2.75, 3.05) is 37.7 Å². The van der Waals surface area contributed by atoms with Gasteiger partial charge in [-0.15, -0.1) is 0 Å². The molecule has 1 aliphatic heterocycles. The summed E-state index contributed by atoms with van der Waals surface area (Å²) in [6.45, 7) is 3.36. The summed E-state index contributed by atoms with van der Waals surface area (Å²) in [7, 11) is -3.74. The zero-order valence-electron chi connectivity index (χ0n) is 20.8. The lowest BCUT2D eigenvalue weighted by Crippen LogP contribution is -2.52. The van der Waals surface area contributed by atoms with E-state index in [9.17, 15) is 22.0 Å². The van der Waals surface area contributed by atoms with E-state index in [1.807, 2.05) is 4.90 Å². The van der Waals surface area contributed by atoms with Gasteiger partial charge in [-0.3, -0.25) is 9.78 Å². The molecule has 38 heavy (non-hydrogen) atoms. The third-order valence-electron chi connectivity index (χ3n) is 6.76. The van der Waals surface area contributed by atoms with Gasteiger partial charge in [-0.25, -0.2) is 8.78 Å². The first-order valence-corrected chi connectivity index (χ1v) is 13.7. The summed E-state index contributed by atoms with van der Waals surface area (Å²) in [5.74, 6) is -1.65. The number of piperazine rings is 1. The van der Waals surface area contributed by atoms with Crippen LogP contribution >= 0.6 is 0 Å². The predicted octanol–water partition coefficient (Wildman–Crippen LogP) is 2.24. The number of halogens is 2. The first-order chi connectivity index (χ1) is 18.1. The van der Waals surface area contributed by atoms with Crippen molar-refractivity contribution in [1.29, 1.82) is 0 Å². The maximum Gasteiger partial charge on any atom is 0.316 e. The van der Waals surface area contributed by atoms with Crippen molar-refractivity contribution in [2.24, 2.45) is 5.41 Å². The molecule has 0 amide bonds. The van der Waals surface area contributed by atoms with Gasteiger partial charge in [-0.2, -0.15) is 27.2 Å². The predicted molar refractivity (Wildman–Crippen MR) is 136 cm³/mol. The lowest BCUT2D eigenvalue weighted by Gasteiger charge is -2.35. The summed E-state index contributed by atoms with van der Waals surface area (Å²) in [5, 5.41) is 4.16. The quantitative estimate of drug-likeness (QED) is 0.438. The van der Waals surface area contributed by atoms with Gasteiger partial charge >= 0.3 is 5.56 Å². The Kier molecular flexibility index (Phi) is 7.16. The topological polar surface area (TPSA) is 110 Å². The Morgan fingerprint density at radius 1 is 1.08 bits per heavy atom. The largest absolute Gasteiger partial charge is 0.486 e. The highest BCUT2D eigenvalue weighted by Crippen LogP contribution is 2.45. The average Bonchev–Trinajstić information content (AvgIpc) is 3.64. The van der Waals surface area contributed by atoms with Crippen LogP contribution in [0.3, 0.4) is 0 Å². The number of nitrogens with zero attached hydrogens (tertiary/aromatic N) is 5. The Labute approximate surface area is 219 Å². The molecule has 3 heterocycles. The number of benzene rings is 1. The minimum atomic E-state index is -3.74. The van der Waals surface area contributed by atoms with Crippen molar-refractivity contribution in [3.05, 3.63) is 76.5 Å². The van der Waals surface area contributed by atoms with Crippen molar-refractivity contribution >= 4 is 15.9 Å². The second-order valence-corrected chi connectivity index (χ2v) is 11.6. The molecular formula is C25H28F2N6O4S. The molecular weight excluding hydrogens is 518 g/mol. The Bertz CT molecular complexity index is 1450. The molecule has 0 spiro atoms. The van der Waals surface area contributed by atoms with Crippen LogP contribution in [0.1, 0.15) is 25.5 Å². The van der Waals surface area contributed by atoms with E-state index < -0.39 is 27.4 Å². The molecule has 1 aromatic carbocycles. The first kappa shape index (κ1) is 26.2. The highest BCUT2D eigenvalue weighted by molar-refractivity contribution is 7.87. The van der Waals surface area contributed by atoms with E-state index in [0.29, 0.717) is 24.1 Å². The van der Waals surface area contributed by atoms with Crippen LogP contribution in [0.25, 0.3) is 5.69 Å². The molecule has 0 radical (unpaired) electrons. The SMILES string of the molecule is CC1(COc2c(N3CCN(S(=O)(=O)NCc4ccccn4)CC3)cnn(-c3cc(F)cc(F)c3)c2=O)CC1. The summed E-state index contributed by atoms with van der Waals surface area (Å²) < 4.78 is 64.1. The minimum Gasteiger partial charge on any atom is -0.486 e. The van der Waals surface area contributed by atoms with Gasteiger partial charge < -0.3 is 9.64 Å². The molecule has 3 aromatic rings. The van der Waals surface area contributed by atoms with Gasteiger partial charge in [0.2, 0.25) is 5.75 Å². The van der Waals surface area contributed by atoms with Gasteiger partial charge in [-0.1, -0.05) is 13.0 Å². The Morgan fingerprint density at radius 2 is 1.79 bits per heavy atom. The van der Waals surface area contributed by atoms with E-state index >= 15 is 0 Å². The van der Waals surface area contributed by atoms with Crippen LogP contribution in [0.5, 0.6) is 5.75 Å². The third kappa shape index (κ3) is 5.84. The average molecular weight is 547 g/mol. The minimum absolute atomic E-state index is 0.0161. The van der Waals surface area contributed by atoms with E-state index in [2.05, 4.69) is 21.7 Å². The van der Waals surface area contributed by atoms with Crippen molar-refractivity contribution in [3.8, 4) is 11.4 Å². The molecule has 5 rings (SSSR count). The number of aromatic nitrogens is 3. The van der Waals surface area contributed by atoms with E-state index in [1.54, 1.807) is 24.4 Å². The number of anilines is 1. The fourth-order valence-corrected chi connectivity index (χ4v) is 5.33.